The van der Waals surface area contributed by atoms with Crippen LogP contribution in [0.15, 0.2) is 54.6 Å². The lowest BCUT2D eigenvalue weighted by Gasteiger charge is -2.16. The van der Waals surface area contributed by atoms with Crippen LogP contribution in [0.25, 0.3) is 21.5 Å². The maximum absolute atomic E-state index is 6.20. The lowest BCUT2D eigenvalue weighted by Crippen LogP contribution is -2.21. The van der Waals surface area contributed by atoms with Crippen LogP contribution < -0.4 is 11.5 Å². The van der Waals surface area contributed by atoms with E-state index < -0.39 is 0 Å². The lowest BCUT2D eigenvalue weighted by molar-refractivity contribution is 0.749. The molecule has 0 heterocycles. The van der Waals surface area contributed by atoms with Crippen LogP contribution in [-0.4, -0.2) is 6.54 Å². The van der Waals surface area contributed by atoms with Gasteiger partial charge in [-0.1, -0.05) is 48.5 Å². The quantitative estimate of drug-likeness (QED) is 0.672. The highest BCUT2D eigenvalue weighted by atomic mass is 14.7. The summed E-state index contributed by atoms with van der Waals surface area (Å²) in [4.78, 5) is 0. The van der Waals surface area contributed by atoms with Crippen molar-refractivity contribution in [3.8, 4) is 0 Å². The minimum Gasteiger partial charge on any atom is -0.329 e. The summed E-state index contributed by atoms with van der Waals surface area (Å²) in [5, 5.41) is 4.84. The largest absolute Gasteiger partial charge is 0.329 e. The Morgan fingerprint density at radius 3 is 1.83 bits per heavy atom. The molecular formula is C16H16N2. The minimum atomic E-state index is -0.124. The normalized spacial score (nSPS) is 13.0. The molecule has 0 saturated carbocycles. The molecule has 0 amide bonds. The predicted octanol–water partition coefficient (Wildman–Crippen LogP) is 2.95. The zero-order valence-corrected chi connectivity index (χ0v) is 10.1. The summed E-state index contributed by atoms with van der Waals surface area (Å²) < 4.78 is 0. The Labute approximate surface area is 106 Å². The second kappa shape index (κ2) is 4.41. The molecule has 18 heavy (non-hydrogen) atoms. The predicted molar refractivity (Wildman–Crippen MR) is 77.4 cm³/mol. The van der Waals surface area contributed by atoms with Gasteiger partial charge in [-0.05, 0) is 33.2 Å². The molecule has 0 fully saturated rings. The molecule has 90 valence electrons. The average Bonchev–Trinajstić information content (AvgIpc) is 2.44. The summed E-state index contributed by atoms with van der Waals surface area (Å²) in [6, 6.07) is 18.7. The van der Waals surface area contributed by atoms with E-state index in [1.807, 2.05) is 12.1 Å². The van der Waals surface area contributed by atoms with Gasteiger partial charge < -0.3 is 11.5 Å². The topological polar surface area (TPSA) is 52.0 Å². The van der Waals surface area contributed by atoms with Crippen LogP contribution in [0.2, 0.25) is 0 Å². The van der Waals surface area contributed by atoms with Gasteiger partial charge in [0.1, 0.15) is 0 Å². The number of hydrogen-bond donors (Lipinski definition) is 2. The minimum absolute atomic E-state index is 0.124. The molecule has 2 heteroatoms. The van der Waals surface area contributed by atoms with E-state index in [9.17, 15) is 0 Å². The summed E-state index contributed by atoms with van der Waals surface area (Å²) in [6.45, 7) is 0.456. The van der Waals surface area contributed by atoms with Crippen molar-refractivity contribution in [1.29, 1.82) is 0 Å². The van der Waals surface area contributed by atoms with Gasteiger partial charge in [-0.3, -0.25) is 0 Å². The van der Waals surface area contributed by atoms with Crippen LogP contribution in [0.5, 0.6) is 0 Å². The summed E-state index contributed by atoms with van der Waals surface area (Å²) in [5.74, 6) is 0. The molecule has 3 aromatic rings. The molecule has 0 bridgehead atoms. The summed E-state index contributed by atoms with van der Waals surface area (Å²) in [5.41, 5.74) is 13.1. The first-order valence-electron chi connectivity index (χ1n) is 6.17. The molecule has 0 radical (unpaired) electrons. The Morgan fingerprint density at radius 2 is 1.33 bits per heavy atom. The molecule has 0 spiro atoms. The second-order valence-electron chi connectivity index (χ2n) is 4.57. The zero-order valence-electron chi connectivity index (χ0n) is 10.1. The van der Waals surface area contributed by atoms with Gasteiger partial charge in [-0.25, -0.2) is 0 Å². The fraction of sp³-hybridized carbons (Fsp3) is 0.125. The smallest absolute Gasteiger partial charge is 0.0431 e. The van der Waals surface area contributed by atoms with Gasteiger partial charge in [-0.15, -0.1) is 0 Å². The third-order valence-electron chi connectivity index (χ3n) is 3.44. The van der Waals surface area contributed by atoms with Crippen LogP contribution >= 0.6 is 0 Å². The molecule has 2 nitrogen and oxygen atoms in total. The average molecular weight is 236 g/mol. The van der Waals surface area contributed by atoms with Crippen LogP contribution in [0, 0.1) is 0 Å². The molecule has 4 N–H and O–H groups in total. The van der Waals surface area contributed by atoms with E-state index >= 15 is 0 Å². The van der Waals surface area contributed by atoms with Gasteiger partial charge in [-0.2, -0.15) is 0 Å². The van der Waals surface area contributed by atoms with Crippen LogP contribution in [0.1, 0.15) is 11.6 Å². The summed E-state index contributed by atoms with van der Waals surface area (Å²) in [6.07, 6.45) is 0. The first-order chi connectivity index (χ1) is 8.81. The number of hydrogen-bond acceptors (Lipinski definition) is 2. The van der Waals surface area contributed by atoms with E-state index in [-0.39, 0.29) is 6.04 Å². The van der Waals surface area contributed by atoms with Gasteiger partial charge in [0.05, 0.1) is 0 Å². The third-order valence-corrected chi connectivity index (χ3v) is 3.44. The number of nitrogens with two attached hydrogens (primary N) is 2. The molecule has 0 aliphatic carbocycles. The Balaban J connectivity index is 2.49. The number of rotatable bonds is 2. The molecule has 1 atom stereocenters. The first-order valence-corrected chi connectivity index (χ1v) is 6.17. The fourth-order valence-electron chi connectivity index (χ4n) is 2.57. The van der Waals surface area contributed by atoms with Crippen molar-refractivity contribution in [2.24, 2.45) is 11.5 Å². The highest BCUT2D eigenvalue weighted by Crippen LogP contribution is 2.31. The van der Waals surface area contributed by atoms with Crippen molar-refractivity contribution >= 4 is 21.5 Å². The molecule has 1 unspecified atom stereocenters. The third kappa shape index (κ3) is 1.67. The Bertz CT molecular complexity index is 650. The van der Waals surface area contributed by atoms with Gasteiger partial charge in [0.15, 0.2) is 0 Å². The van der Waals surface area contributed by atoms with Crippen molar-refractivity contribution in [2.45, 2.75) is 6.04 Å². The van der Waals surface area contributed by atoms with Crippen molar-refractivity contribution in [2.75, 3.05) is 6.54 Å². The molecule has 0 saturated heterocycles. The number of benzene rings is 3. The van der Waals surface area contributed by atoms with Crippen LogP contribution in [-0.2, 0) is 0 Å². The molecular weight excluding hydrogens is 220 g/mol. The van der Waals surface area contributed by atoms with Crippen molar-refractivity contribution in [3.63, 3.8) is 0 Å². The van der Waals surface area contributed by atoms with E-state index in [0.29, 0.717) is 6.54 Å². The molecule has 0 aliphatic heterocycles. The maximum atomic E-state index is 6.20. The lowest BCUT2D eigenvalue weighted by atomic mass is 9.92. The number of fused-ring (bicyclic) bond motifs is 2. The monoisotopic (exact) mass is 236 g/mol. The summed E-state index contributed by atoms with van der Waals surface area (Å²) >= 11 is 0. The van der Waals surface area contributed by atoms with E-state index in [1.165, 1.54) is 21.5 Å². The maximum Gasteiger partial charge on any atom is 0.0431 e. The van der Waals surface area contributed by atoms with E-state index in [4.69, 9.17) is 11.5 Å². The van der Waals surface area contributed by atoms with Crippen molar-refractivity contribution in [1.82, 2.24) is 0 Å². The molecule has 3 rings (SSSR count). The van der Waals surface area contributed by atoms with Gasteiger partial charge in [0, 0.05) is 12.6 Å². The Kier molecular flexibility index (Phi) is 2.74. The Morgan fingerprint density at radius 1 is 0.833 bits per heavy atom. The zero-order chi connectivity index (χ0) is 12.5. The second-order valence-corrected chi connectivity index (χ2v) is 4.57. The van der Waals surface area contributed by atoms with Gasteiger partial charge in [0.25, 0.3) is 0 Å². The SMILES string of the molecule is NCC(N)c1c2ccccc2cc2ccccc12. The molecule has 0 aliphatic rings. The highest BCUT2D eigenvalue weighted by molar-refractivity contribution is 6.02. The highest BCUT2D eigenvalue weighted by Gasteiger charge is 2.12. The van der Waals surface area contributed by atoms with E-state index in [2.05, 4.69) is 42.5 Å². The van der Waals surface area contributed by atoms with Gasteiger partial charge in [0.2, 0.25) is 0 Å². The standard InChI is InChI=1S/C16H16N2/c17-10-15(18)16-13-7-3-1-5-11(13)9-12-6-2-4-8-14(12)16/h1-9,15H,10,17-18H2. The molecule has 3 aromatic carbocycles. The van der Waals surface area contributed by atoms with Crippen LogP contribution in [0.4, 0.5) is 0 Å². The van der Waals surface area contributed by atoms with E-state index in [1.54, 1.807) is 0 Å². The van der Waals surface area contributed by atoms with E-state index in [0.717, 1.165) is 5.56 Å². The van der Waals surface area contributed by atoms with Gasteiger partial charge >= 0.3 is 0 Å². The first kappa shape index (κ1) is 11.2. The Hall–Kier alpha value is -1.90. The molecule has 0 aromatic heterocycles. The van der Waals surface area contributed by atoms with Crippen molar-refractivity contribution < 1.29 is 0 Å². The van der Waals surface area contributed by atoms with Crippen LogP contribution in [0.3, 0.4) is 0 Å². The fourth-order valence-corrected chi connectivity index (χ4v) is 2.57. The van der Waals surface area contributed by atoms with Crippen molar-refractivity contribution in [3.05, 3.63) is 60.2 Å². The summed E-state index contributed by atoms with van der Waals surface area (Å²) in [7, 11) is 0.